The Balaban J connectivity index is 3.37. The van der Waals surface area contributed by atoms with Crippen molar-refractivity contribution in [2.24, 2.45) is 0 Å². The molecule has 1 amide bonds. The highest BCUT2D eigenvalue weighted by molar-refractivity contribution is 5.72. The number of aliphatic hydroxyl groups is 1. The van der Waals surface area contributed by atoms with Crippen molar-refractivity contribution in [1.29, 1.82) is 0 Å². The Morgan fingerprint density at radius 3 is 2.58 bits per heavy atom. The van der Waals surface area contributed by atoms with Gasteiger partial charge in [0.05, 0.1) is 18.8 Å². The average Bonchev–Trinajstić information content (AvgIpc) is 1.98. The van der Waals surface area contributed by atoms with Crippen molar-refractivity contribution in [2.45, 2.75) is 26.4 Å². The quantitative estimate of drug-likeness (QED) is 0.574. The van der Waals surface area contributed by atoms with Crippen molar-refractivity contribution in [2.75, 3.05) is 19.8 Å². The standard InChI is InChI=1S/C8H17NO3/c1-7(11)9-4-5-12-8(2,3)6-10/h10H,4-6H2,1-3H3,(H,9,11). The van der Waals surface area contributed by atoms with Gasteiger partial charge in [-0.15, -0.1) is 0 Å². The predicted molar refractivity (Wildman–Crippen MR) is 45.8 cm³/mol. The third kappa shape index (κ3) is 6.12. The molecule has 2 N–H and O–H groups in total. The third-order valence-electron chi connectivity index (χ3n) is 1.35. The SMILES string of the molecule is CC(=O)NCCOC(C)(C)CO. The Labute approximate surface area is 72.9 Å². The summed E-state index contributed by atoms with van der Waals surface area (Å²) >= 11 is 0. The molecule has 12 heavy (non-hydrogen) atoms. The lowest BCUT2D eigenvalue weighted by molar-refractivity contribution is -0.119. The van der Waals surface area contributed by atoms with Crippen molar-refractivity contribution >= 4 is 5.91 Å². The van der Waals surface area contributed by atoms with E-state index in [2.05, 4.69) is 5.32 Å². The summed E-state index contributed by atoms with van der Waals surface area (Å²) in [4.78, 5) is 10.4. The van der Waals surface area contributed by atoms with Gasteiger partial charge in [0.15, 0.2) is 0 Å². The minimum Gasteiger partial charge on any atom is -0.393 e. The van der Waals surface area contributed by atoms with Crippen LogP contribution in [0.3, 0.4) is 0 Å². The average molecular weight is 175 g/mol. The van der Waals surface area contributed by atoms with Crippen LogP contribution in [0.1, 0.15) is 20.8 Å². The van der Waals surface area contributed by atoms with Crippen LogP contribution in [0.2, 0.25) is 0 Å². The Bertz CT molecular complexity index is 145. The number of hydrogen-bond acceptors (Lipinski definition) is 3. The smallest absolute Gasteiger partial charge is 0.216 e. The fourth-order valence-electron chi connectivity index (χ4n) is 0.600. The zero-order chi connectivity index (χ0) is 9.61. The fraction of sp³-hybridized carbons (Fsp3) is 0.875. The van der Waals surface area contributed by atoms with E-state index in [1.807, 2.05) is 0 Å². The van der Waals surface area contributed by atoms with Gasteiger partial charge < -0.3 is 15.2 Å². The number of hydrogen-bond donors (Lipinski definition) is 2. The predicted octanol–water partition coefficient (Wildman–Crippen LogP) is -0.0900. The molecule has 0 unspecified atom stereocenters. The molecule has 0 rings (SSSR count). The van der Waals surface area contributed by atoms with Crippen LogP contribution in [0.5, 0.6) is 0 Å². The summed E-state index contributed by atoms with van der Waals surface area (Å²) in [6.07, 6.45) is 0. The first-order chi connectivity index (χ1) is 5.48. The molecular formula is C8H17NO3. The van der Waals surface area contributed by atoms with E-state index in [1.165, 1.54) is 6.92 Å². The van der Waals surface area contributed by atoms with E-state index in [0.717, 1.165) is 0 Å². The maximum Gasteiger partial charge on any atom is 0.216 e. The molecule has 0 aliphatic carbocycles. The fourth-order valence-corrected chi connectivity index (χ4v) is 0.600. The minimum atomic E-state index is -0.515. The van der Waals surface area contributed by atoms with Gasteiger partial charge in [-0.25, -0.2) is 0 Å². The molecule has 0 aliphatic rings. The van der Waals surface area contributed by atoms with Crippen molar-refractivity contribution in [1.82, 2.24) is 5.32 Å². The minimum absolute atomic E-state index is 0.0208. The lowest BCUT2D eigenvalue weighted by Gasteiger charge is -2.22. The molecule has 0 heterocycles. The second kappa shape index (κ2) is 5.11. The van der Waals surface area contributed by atoms with E-state index < -0.39 is 5.60 Å². The van der Waals surface area contributed by atoms with Gasteiger partial charge in [-0.2, -0.15) is 0 Å². The number of carbonyl (C=O) groups excluding carboxylic acids is 1. The highest BCUT2D eigenvalue weighted by atomic mass is 16.5. The zero-order valence-corrected chi connectivity index (χ0v) is 7.89. The van der Waals surface area contributed by atoms with Gasteiger partial charge in [-0.3, -0.25) is 4.79 Å². The second-order valence-corrected chi connectivity index (χ2v) is 3.25. The molecule has 4 heteroatoms. The van der Waals surface area contributed by atoms with Crippen molar-refractivity contribution in [3.63, 3.8) is 0 Å². The number of carbonyl (C=O) groups is 1. The van der Waals surface area contributed by atoms with Gasteiger partial charge in [0.1, 0.15) is 0 Å². The summed E-state index contributed by atoms with van der Waals surface area (Å²) in [5.74, 6) is -0.0691. The first-order valence-corrected chi connectivity index (χ1v) is 3.97. The van der Waals surface area contributed by atoms with Crippen LogP contribution in [-0.4, -0.2) is 36.4 Å². The second-order valence-electron chi connectivity index (χ2n) is 3.25. The van der Waals surface area contributed by atoms with Gasteiger partial charge in [0.25, 0.3) is 0 Å². The van der Waals surface area contributed by atoms with Crippen LogP contribution < -0.4 is 5.32 Å². The van der Waals surface area contributed by atoms with Gasteiger partial charge in [0.2, 0.25) is 5.91 Å². The summed E-state index contributed by atoms with van der Waals surface area (Å²) in [7, 11) is 0. The molecule has 0 saturated heterocycles. The van der Waals surface area contributed by atoms with Crippen LogP contribution in [0.4, 0.5) is 0 Å². The van der Waals surface area contributed by atoms with Crippen LogP contribution >= 0.6 is 0 Å². The summed E-state index contributed by atoms with van der Waals surface area (Å²) in [5, 5.41) is 11.4. The number of nitrogens with one attached hydrogen (secondary N) is 1. The zero-order valence-electron chi connectivity index (χ0n) is 7.89. The topological polar surface area (TPSA) is 58.6 Å². The molecule has 0 fully saturated rings. The molecular weight excluding hydrogens is 158 g/mol. The number of rotatable bonds is 5. The maximum absolute atomic E-state index is 10.4. The molecule has 4 nitrogen and oxygen atoms in total. The lowest BCUT2D eigenvalue weighted by atomic mass is 10.1. The number of ether oxygens (including phenoxy) is 1. The van der Waals surface area contributed by atoms with E-state index in [0.29, 0.717) is 13.2 Å². The highest BCUT2D eigenvalue weighted by Crippen LogP contribution is 2.05. The van der Waals surface area contributed by atoms with Gasteiger partial charge >= 0.3 is 0 Å². The van der Waals surface area contributed by atoms with Crippen LogP contribution in [0, 0.1) is 0 Å². The molecule has 0 aromatic rings. The molecule has 0 saturated carbocycles. The molecule has 0 aromatic heterocycles. The highest BCUT2D eigenvalue weighted by Gasteiger charge is 2.15. The van der Waals surface area contributed by atoms with Crippen molar-refractivity contribution < 1.29 is 14.6 Å². The molecule has 0 aromatic carbocycles. The van der Waals surface area contributed by atoms with Crippen LogP contribution in [-0.2, 0) is 9.53 Å². The molecule has 0 atom stereocenters. The monoisotopic (exact) mass is 175 g/mol. The molecule has 72 valence electrons. The number of amides is 1. The Morgan fingerprint density at radius 1 is 1.58 bits per heavy atom. The van der Waals surface area contributed by atoms with E-state index in [1.54, 1.807) is 13.8 Å². The van der Waals surface area contributed by atoms with Gasteiger partial charge in [0, 0.05) is 13.5 Å². The van der Waals surface area contributed by atoms with E-state index in [-0.39, 0.29) is 12.5 Å². The third-order valence-corrected chi connectivity index (χ3v) is 1.35. The first kappa shape index (κ1) is 11.4. The van der Waals surface area contributed by atoms with Gasteiger partial charge in [-0.05, 0) is 13.8 Å². The largest absolute Gasteiger partial charge is 0.393 e. The van der Waals surface area contributed by atoms with Crippen LogP contribution in [0.25, 0.3) is 0 Å². The van der Waals surface area contributed by atoms with E-state index >= 15 is 0 Å². The maximum atomic E-state index is 10.4. The number of aliphatic hydroxyl groups excluding tert-OH is 1. The van der Waals surface area contributed by atoms with Gasteiger partial charge in [-0.1, -0.05) is 0 Å². The van der Waals surface area contributed by atoms with Crippen LogP contribution in [0.15, 0.2) is 0 Å². The van der Waals surface area contributed by atoms with E-state index in [9.17, 15) is 4.79 Å². The summed E-state index contributed by atoms with van der Waals surface area (Å²) in [6.45, 7) is 5.93. The molecule has 0 bridgehead atoms. The molecule has 0 radical (unpaired) electrons. The van der Waals surface area contributed by atoms with Crippen molar-refractivity contribution in [3.8, 4) is 0 Å². The normalized spacial score (nSPS) is 11.3. The van der Waals surface area contributed by atoms with E-state index in [4.69, 9.17) is 9.84 Å². The molecule has 0 spiro atoms. The first-order valence-electron chi connectivity index (χ1n) is 3.97. The van der Waals surface area contributed by atoms with Crippen molar-refractivity contribution in [3.05, 3.63) is 0 Å². The lowest BCUT2D eigenvalue weighted by Crippen LogP contribution is -2.33. The summed E-state index contributed by atoms with van der Waals surface area (Å²) in [6, 6.07) is 0. The summed E-state index contributed by atoms with van der Waals surface area (Å²) < 4.78 is 5.26. The molecule has 0 aliphatic heterocycles. The Hall–Kier alpha value is -0.610. The summed E-state index contributed by atoms with van der Waals surface area (Å²) in [5.41, 5.74) is -0.515. The Kier molecular flexibility index (Phi) is 4.85. The Morgan fingerprint density at radius 2 is 2.17 bits per heavy atom.